The van der Waals surface area contributed by atoms with E-state index < -0.39 is 11.7 Å². The minimum Gasteiger partial charge on any atom is -0.492 e. The van der Waals surface area contributed by atoms with Crippen LogP contribution in [0.3, 0.4) is 0 Å². The first-order chi connectivity index (χ1) is 16.7. The van der Waals surface area contributed by atoms with Crippen molar-refractivity contribution in [2.45, 2.75) is 39.8 Å². The Labute approximate surface area is 208 Å². The van der Waals surface area contributed by atoms with Crippen LogP contribution < -0.4 is 10.1 Å². The summed E-state index contributed by atoms with van der Waals surface area (Å²) < 4.78 is 45.1. The molecule has 0 fully saturated rings. The van der Waals surface area contributed by atoms with Gasteiger partial charge in [-0.2, -0.15) is 13.2 Å². The third-order valence-electron chi connectivity index (χ3n) is 5.29. The van der Waals surface area contributed by atoms with E-state index in [4.69, 9.17) is 4.74 Å². The van der Waals surface area contributed by atoms with Crippen LogP contribution in [0.2, 0.25) is 0 Å². The molecule has 35 heavy (non-hydrogen) atoms. The summed E-state index contributed by atoms with van der Waals surface area (Å²) >= 11 is 1.06. The van der Waals surface area contributed by atoms with E-state index in [0.717, 1.165) is 55.9 Å². The van der Waals surface area contributed by atoms with Crippen LogP contribution in [0.1, 0.15) is 47.6 Å². The van der Waals surface area contributed by atoms with Gasteiger partial charge in [0.1, 0.15) is 22.2 Å². The third kappa shape index (κ3) is 7.53. The minimum absolute atomic E-state index is 0.322. The number of carbonyl (C=O) groups is 1. The summed E-state index contributed by atoms with van der Waals surface area (Å²) in [6.45, 7) is 9.42. The first-order valence-corrected chi connectivity index (χ1v) is 12.4. The number of aromatic nitrogens is 1. The fourth-order valence-electron chi connectivity index (χ4n) is 3.67. The highest BCUT2D eigenvalue weighted by Crippen LogP contribution is 2.34. The maximum atomic E-state index is 13.1. The largest absolute Gasteiger partial charge is 0.492 e. The average molecular weight is 506 g/mol. The fourth-order valence-corrected chi connectivity index (χ4v) is 4.63. The van der Waals surface area contributed by atoms with Crippen LogP contribution in [-0.4, -0.2) is 42.0 Å². The summed E-state index contributed by atoms with van der Waals surface area (Å²) in [6, 6.07) is 12.1. The normalized spacial score (nSPS) is 11.6. The van der Waals surface area contributed by atoms with Gasteiger partial charge < -0.3 is 10.1 Å². The lowest BCUT2D eigenvalue weighted by Crippen LogP contribution is -2.30. The number of alkyl halides is 3. The summed E-state index contributed by atoms with van der Waals surface area (Å²) in [7, 11) is 0. The molecule has 0 aliphatic heterocycles. The SMILES string of the molecule is CCCN(CCC)CCOc1cccc(NC(=O)c2sc(-c3cccc(C(F)(F)F)c3)nc2C)c1. The van der Waals surface area contributed by atoms with Gasteiger partial charge in [-0.15, -0.1) is 11.3 Å². The van der Waals surface area contributed by atoms with E-state index in [0.29, 0.717) is 39.2 Å². The Morgan fingerprint density at radius 1 is 1.06 bits per heavy atom. The molecule has 0 spiro atoms. The zero-order valence-corrected chi connectivity index (χ0v) is 20.9. The van der Waals surface area contributed by atoms with Crippen molar-refractivity contribution in [2.75, 3.05) is 31.6 Å². The predicted octanol–water partition coefficient (Wildman–Crippen LogP) is 6.89. The number of nitrogens with zero attached hydrogens (tertiary/aromatic N) is 2. The summed E-state index contributed by atoms with van der Waals surface area (Å²) in [5.74, 6) is 0.286. The molecular weight excluding hydrogens is 475 g/mol. The van der Waals surface area contributed by atoms with Gasteiger partial charge in [0, 0.05) is 23.9 Å². The maximum absolute atomic E-state index is 13.1. The van der Waals surface area contributed by atoms with E-state index in [1.165, 1.54) is 6.07 Å². The number of carbonyl (C=O) groups excluding carboxylic acids is 1. The molecule has 2 aromatic carbocycles. The van der Waals surface area contributed by atoms with E-state index in [1.807, 2.05) is 6.07 Å². The Balaban J connectivity index is 1.66. The molecule has 0 unspecified atom stereocenters. The van der Waals surface area contributed by atoms with Crippen LogP contribution >= 0.6 is 11.3 Å². The number of hydrogen-bond acceptors (Lipinski definition) is 5. The maximum Gasteiger partial charge on any atom is 0.416 e. The van der Waals surface area contributed by atoms with Crippen LogP contribution in [-0.2, 0) is 6.18 Å². The van der Waals surface area contributed by atoms with Crippen LogP contribution in [0.5, 0.6) is 5.75 Å². The van der Waals surface area contributed by atoms with Gasteiger partial charge in [0.25, 0.3) is 5.91 Å². The molecule has 188 valence electrons. The Bertz CT molecular complexity index is 1130. The molecule has 0 atom stereocenters. The Morgan fingerprint density at radius 3 is 2.46 bits per heavy atom. The quantitative estimate of drug-likeness (QED) is 0.308. The van der Waals surface area contributed by atoms with Crippen LogP contribution in [0.15, 0.2) is 48.5 Å². The van der Waals surface area contributed by atoms with E-state index in [9.17, 15) is 18.0 Å². The summed E-state index contributed by atoms with van der Waals surface area (Å²) in [4.78, 5) is 19.9. The lowest BCUT2D eigenvalue weighted by molar-refractivity contribution is -0.137. The van der Waals surface area contributed by atoms with Crippen molar-refractivity contribution in [1.82, 2.24) is 9.88 Å². The van der Waals surface area contributed by atoms with Gasteiger partial charge in [-0.3, -0.25) is 9.69 Å². The molecule has 1 heterocycles. The van der Waals surface area contributed by atoms with Crippen molar-refractivity contribution in [1.29, 1.82) is 0 Å². The van der Waals surface area contributed by atoms with Crippen molar-refractivity contribution < 1.29 is 22.7 Å². The van der Waals surface area contributed by atoms with Crippen LogP contribution in [0.4, 0.5) is 18.9 Å². The second-order valence-corrected chi connectivity index (χ2v) is 9.18. The number of hydrogen-bond donors (Lipinski definition) is 1. The zero-order valence-electron chi connectivity index (χ0n) is 20.1. The molecule has 1 aromatic heterocycles. The van der Waals surface area contributed by atoms with E-state index in [1.54, 1.807) is 31.2 Å². The van der Waals surface area contributed by atoms with Crippen molar-refractivity contribution >= 4 is 22.9 Å². The number of thiazole rings is 1. The Hall–Kier alpha value is -2.91. The molecule has 0 aliphatic rings. The molecule has 0 aliphatic carbocycles. The average Bonchev–Trinajstić information content (AvgIpc) is 3.21. The molecular formula is C26H30F3N3O2S. The second kappa shape index (κ2) is 12.2. The van der Waals surface area contributed by atoms with E-state index in [2.05, 4.69) is 29.0 Å². The molecule has 9 heteroatoms. The number of halogens is 3. The summed E-state index contributed by atoms with van der Waals surface area (Å²) in [5, 5.41) is 3.20. The van der Waals surface area contributed by atoms with Gasteiger partial charge in [0.2, 0.25) is 0 Å². The lowest BCUT2D eigenvalue weighted by atomic mass is 10.1. The smallest absolute Gasteiger partial charge is 0.416 e. The third-order valence-corrected chi connectivity index (χ3v) is 6.49. The van der Waals surface area contributed by atoms with Crippen molar-refractivity contribution in [2.24, 2.45) is 0 Å². The zero-order chi connectivity index (χ0) is 25.4. The molecule has 0 bridgehead atoms. The number of nitrogens with one attached hydrogen (secondary N) is 1. The number of amides is 1. The lowest BCUT2D eigenvalue weighted by Gasteiger charge is -2.21. The van der Waals surface area contributed by atoms with Crippen LogP contribution in [0.25, 0.3) is 10.6 Å². The highest BCUT2D eigenvalue weighted by Gasteiger charge is 2.30. The number of benzene rings is 2. The summed E-state index contributed by atoms with van der Waals surface area (Å²) in [6.07, 6.45) is -2.26. The molecule has 3 aromatic rings. The molecule has 1 N–H and O–H groups in total. The monoisotopic (exact) mass is 505 g/mol. The first kappa shape index (κ1) is 26.7. The van der Waals surface area contributed by atoms with Gasteiger partial charge in [-0.25, -0.2) is 4.98 Å². The van der Waals surface area contributed by atoms with Gasteiger partial charge in [-0.05, 0) is 57.1 Å². The van der Waals surface area contributed by atoms with Gasteiger partial charge in [-0.1, -0.05) is 32.0 Å². The number of aryl methyl sites for hydroxylation is 1. The minimum atomic E-state index is -4.44. The van der Waals surface area contributed by atoms with Crippen LogP contribution in [0, 0.1) is 6.92 Å². The fraction of sp³-hybridized carbons (Fsp3) is 0.385. The Kier molecular flexibility index (Phi) is 9.28. The van der Waals surface area contributed by atoms with Gasteiger partial charge in [0.05, 0.1) is 11.3 Å². The Morgan fingerprint density at radius 2 is 1.77 bits per heavy atom. The molecule has 3 rings (SSSR count). The predicted molar refractivity (Wildman–Crippen MR) is 134 cm³/mol. The topological polar surface area (TPSA) is 54.5 Å². The highest BCUT2D eigenvalue weighted by molar-refractivity contribution is 7.17. The van der Waals surface area contributed by atoms with Crippen molar-refractivity contribution in [3.8, 4) is 16.3 Å². The highest BCUT2D eigenvalue weighted by atomic mass is 32.1. The molecule has 5 nitrogen and oxygen atoms in total. The van der Waals surface area contributed by atoms with Gasteiger partial charge in [0.15, 0.2) is 0 Å². The van der Waals surface area contributed by atoms with Crippen molar-refractivity contribution in [3.05, 3.63) is 64.7 Å². The molecule has 0 radical (unpaired) electrons. The molecule has 1 amide bonds. The van der Waals surface area contributed by atoms with E-state index in [-0.39, 0.29) is 5.91 Å². The standard InChI is InChI=1S/C26H30F3N3O2S/c1-4-12-32(13-5-2)14-15-34-22-11-7-10-21(17-22)31-24(33)23-18(3)30-25(35-23)19-8-6-9-20(16-19)26(27,28)29/h6-11,16-17H,4-5,12-15H2,1-3H3,(H,31,33). The molecule has 0 saturated carbocycles. The van der Waals surface area contributed by atoms with E-state index >= 15 is 0 Å². The number of rotatable bonds is 11. The summed E-state index contributed by atoms with van der Waals surface area (Å²) in [5.41, 5.74) is 0.597. The second-order valence-electron chi connectivity index (χ2n) is 8.18. The molecule has 0 saturated heterocycles. The van der Waals surface area contributed by atoms with Gasteiger partial charge >= 0.3 is 6.18 Å². The van der Waals surface area contributed by atoms with Crippen molar-refractivity contribution in [3.63, 3.8) is 0 Å². The first-order valence-electron chi connectivity index (χ1n) is 11.6. The number of anilines is 1. The number of ether oxygens (including phenoxy) is 1.